The Labute approximate surface area is 172 Å². The highest BCUT2D eigenvalue weighted by Gasteiger charge is 2.45. The van der Waals surface area contributed by atoms with Crippen molar-refractivity contribution in [3.8, 4) is 0 Å². The van der Waals surface area contributed by atoms with Crippen LogP contribution in [0.3, 0.4) is 0 Å². The number of carboxylic acids is 2. The molecule has 0 bridgehead atoms. The van der Waals surface area contributed by atoms with E-state index >= 15 is 0 Å². The molecule has 0 spiro atoms. The van der Waals surface area contributed by atoms with Gasteiger partial charge in [-0.3, -0.25) is 4.79 Å². The molecule has 1 aromatic rings. The molecule has 1 unspecified atom stereocenters. The van der Waals surface area contributed by atoms with E-state index in [4.69, 9.17) is 9.90 Å². The Balaban J connectivity index is 0.00000165. The maximum absolute atomic E-state index is 11.7. The summed E-state index contributed by atoms with van der Waals surface area (Å²) in [6.07, 6.45) is 11.4. The van der Waals surface area contributed by atoms with Gasteiger partial charge in [0.25, 0.3) is 0 Å². The molecule has 0 aliphatic carbocycles. The summed E-state index contributed by atoms with van der Waals surface area (Å²) < 4.78 is 0. The van der Waals surface area contributed by atoms with Gasteiger partial charge in [0, 0.05) is 13.2 Å². The first kappa shape index (κ1) is 26.6. The minimum absolute atomic E-state index is 0.237. The van der Waals surface area contributed by atoms with Crippen molar-refractivity contribution in [2.24, 2.45) is 0 Å². The van der Waals surface area contributed by atoms with Crippen LogP contribution in [0, 0.1) is 0 Å². The van der Waals surface area contributed by atoms with Gasteiger partial charge in [0.2, 0.25) is 0 Å². The minimum Gasteiger partial charge on any atom is -0.550 e. The average Bonchev–Trinajstić information content (AvgIpc) is 2.66. The summed E-state index contributed by atoms with van der Waals surface area (Å²) in [4.78, 5) is 20.6. The van der Waals surface area contributed by atoms with Gasteiger partial charge in [0.15, 0.2) is 0 Å². The zero-order chi connectivity index (χ0) is 21.4. The van der Waals surface area contributed by atoms with Crippen molar-refractivity contribution >= 4 is 19.2 Å². The molecule has 28 heavy (non-hydrogen) atoms. The lowest BCUT2D eigenvalue weighted by Crippen LogP contribution is -2.19. The van der Waals surface area contributed by atoms with E-state index in [2.05, 4.69) is 45.0 Å². The molecular weight excluding hydrogens is 371 g/mol. The number of hydrogen-bond acceptors (Lipinski definition) is 3. The summed E-state index contributed by atoms with van der Waals surface area (Å²) in [5.74, 6) is -1.72. The Morgan fingerprint density at radius 2 is 1.32 bits per heavy atom. The number of rotatable bonds is 13. The SMILES string of the molecule is CC(=O)[O-].CCCC[P+](CCCC)(CCCC)C(CC(=O)O)c1ccccc1. The zero-order valence-corrected chi connectivity index (χ0v) is 19.0. The molecule has 1 N–H and O–H groups in total. The molecule has 0 saturated carbocycles. The molecule has 0 aromatic heterocycles. The second kappa shape index (κ2) is 15.5. The van der Waals surface area contributed by atoms with E-state index < -0.39 is 19.2 Å². The van der Waals surface area contributed by atoms with E-state index in [0.29, 0.717) is 6.42 Å². The highest BCUT2D eigenvalue weighted by molar-refractivity contribution is 7.76. The smallest absolute Gasteiger partial charge is 0.307 e. The molecular formula is C23H39O4P. The fraction of sp³-hybridized carbons (Fsp3) is 0.652. The summed E-state index contributed by atoms with van der Waals surface area (Å²) >= 11 is 0. The van der Waals surface area contributed by atoms with Crippen LogP contribution in [0.1, 0.15) is 83.9 Å². The van der Waals surface area contributed by atoms with Crippen LogP contribution in [-0.4, -0.2) is 35.5 Å². The number of carbonyl (C=O) groups is 2. The van der Waals surface area contributed by atoms with Crippen LogP contribution in [-0.2, 0) is 9.59 Å². The molecule has 0 aliphatic rings. The van der Waals surface area contributed by atoms with Gasteiger partial charge in [-0.1, -0.05) is 70.4 Å². The van der Waals surface area contributed by atoms with Gasteiger partial charge < -0.3 is 15.0 Å². The summed E-state index contributed by atoms with van der Waals surface area (Å²) in [6.45, 7) is 7.73. The maximum Gasteiger partial charge on any atom is 0.307 e. The van der Waals surface area contributed by atoms with Gasteiger partial charge in [-0.25, -0.2) is 0 Å². The molecule has 0 aliphatic heterocycles. The second-order valence-corrected chi connectivity index (χ2v) is 11.9. The van der Waals surface area contributed by atoms with Crippen molar-refractivity contribution in [3.63, 3.8) is 0 Å². The summed E-state index contributed by atoms with van der Waals surface area (Å²) in [5, 5.41) is 18.5. The van der Waals surface area contributed by atoms with E-state index in [1.807, 2.05) is 6.07 Å². The van der Waals surface area contributed by atoms with Gasteiger partial charge in [-0.2, -0.15) is 0 Å². The van der Waals surface area contributed by atoms with Crippen molar-refractivity contribution in [1.29, 1.82) is 0 Å². The van der Waals surface area contributed by atoms with Crippen LogP contribution in [0.5, 0.6) is 0 Å². The van der Waals surface area contributed by atoms with Crippen molar-refractivity contribution in [3.05, 3.63) is 35.9 Å². The third kappa shape index (κ3) is 10.8. The van der Waals surface area contributed by atoms with Gasteiger partial charge >= 0.3 is 5.97 Å². The minimum atomic E-state index is -1.31. The number of benzene rings is 1. The maximum atomic E-state index is 11.7. The quantitative estimate of drug-likeness (QED) is 0.443. The van der Waals surface area contributed by atoms with Gasteiger partial charge in [0.05, 0.1) is 24.9 Å². The van der Waals surface area contributed by atoms with E-state index in [1.165, 1.54) is 62.6 Å². The monoisotopic (exact) mass is 410 g/mol. The lowest BCUT2D eigenvalue weighted by atomic mass is 10.1. The van der Waals surface area contributed by atoms with Gasteiger partial charge in [0.1, 0.15) is 5.66 Å². The van der Waals surface area contributed by atoms with Crippen LogP contribution in [0.4, 0.5) is 0 Å². The lowest BCUT2D eigenvalue weighted by molar-refractivity contribution is -0.302. The first-order chi connectivity index (χ1) is 13.3. The number of hydrogen-bond donors (Lipinski definition) is 1. The molecule has 5 heteroatoms. The molecule has 0 amide bonds. The number of carbonyl (C=O) groups excluding carboxylic acids is 1. The Morgan fingerprint density at radius 1 is 0.929 bits per heavy atom. The molecule has 1 rings (SSSR count). The molecule has 0 saturated heterocycles. The number of carboxylic acid groups (broad SMARTS) is 2. The molecule has 0 fully saturated rings. The Hall–Kier alpha value is -1.41. The highest BCUT2D eigenvalue weighted by atomic mass is 31.2. The third-order valence-electron chi connectivity index (χ3n) is 5.08. The number of unbranched alkanes of at least 4 members (excludes halogenated alkanes) is 3. The predicted molar refractivity (Wildman–Crippen MR) is 118 cm³/mol. The molecule has 160 valence electrons. The van der Waals surface area contributed by atoms with Crippen LogP contribution in [0.2, 0.25) is 0 Å². The standard InChI is InChI=1S/C21H35O2P.C2H4O2/c1-4-7-15-24(16-8-5-2,17-9-6-3)20(18-21(22)23)19-13-11-10-12-14-19;1-2(3)4/h10-14,20H,4-9,15-18H2,1-3H3;1H3,(H,3,4). The van der Waals surface area contributed by atoms with Gasteiger partial charge in [-0.15, -0.1) is 0 Å². The Morgan fingerprint density at radius 3 is 1.64 bits per heavy atom. The largest absolute Gasteiger partial charge is 0.550 e. The topological polar surface area (TPSA) is 77.4 Å². The summed E-state index contributed by atoms with van der Waals surface area (Å²) in [5.41, 5.74) is 1.50. The fourth-order valence-corrected chi connectivity index (χ4v) is 9.48. The average molecular weight is 411 g/mol. The third-order valence-corrected chi connectivity index (χ3v) is 10.5. The molecule has 0 radical (unpaired) electrons. The van der Waals surface area contributed by atoms with E-state index in [-0.39, 0.29) is 5.66 Å². The van der Waals surface area contributed by atoms with Crippen molar-refractivity contribution < 1.29 is 19.8 Å². The summed E-state index contributed by atoms with van der Waals surface area (Å²) in [7, 11) is -1.31. The van der Waals surface area contributed by atoms with Crippen LogP contribution >= 0.6 is 7.26 Å². The molecule has 1 atom stereocenters. The highest BCUT2D eigenvalue weighted by Crippen LogP contribution is 2.72. The van der Waals surface area contributed by atoms with E-state index in [9.17, 15) is 9.90 Å². The first-order valence-electron chi connectivity index (χ1n) is 10.6. The Kier molecular flexibility index (Phi) is 14.7. The normalized spacial score (nSPS) is 12.0. The fourth-order valence-electron chi connectivity index (χ4n) is 3.69. The van der Waals surface area contributed by atoms with Crippen LogP contribution < -0.4 is 5.11 Å². The Bertz CT molecular complexity index is 519. The second-order valence-electron chi connectivity index (χ2n) is 7.47. The molecule has 4 nitrogen and oxygen atoms in total. The van der Waals surface area contributed by atoms with Crippen molar-refractivity contribution in [1.82, 2.24) is 0 Å². The predicted octanol–water partition coefficient (Wildman–Crippen LogP) is 5.38. The molecule has 1 aromatic carbocycles. The van der Waals surface area contributed by atoms with Crippen LogP contribution in [0.25, 0.3) is 0 Å². The van der Waals surface area contributed by atoms with Gasteiger partial charge in [-0.05, 0) is 31.7 Å². The van der Waals surface area contributed by atoms with Crippen molar-refractivity contribution in [2.45, 2.75) is 78.3 Å². The summed E-state index contributed by atoms with van der Waals surface area (Å²) in [6, 6.07) is 10.5. The van der Waals surface area contributed by atoms with Crippen LogP contribution in [0.15, 0.2) is 30.3 Å². The molecule has 0 heterocycles. The lowest BCUT2D eigenvalue weighted by Gasteiger charge is -2.35. The van der Waals surface area contributed by atoms with Crippen molar-refractivity contribution in [2.75, 3.05) is 18.5 Å². The number of aliphatic carboxylic acids is 2. The zero-order valence-electron chi connectivity index (χ0n) is 18.2. The van der Waals surface area contributed by atoms with E-state index in [1.54, 1.807) is 0 Å². The van der Waals surface area contributed by atoms with E-state index in [0.717, 1.165) is 6.92 Å². The first-order valence-corrected chi connectivity index (χ1v) is 13.0.